The van der Waals surface area contributed by atoms with Gasteiger partial charge in [-0.3, -0.25) is 0 Å². The molecule has 1 aliphatic rings. The van der Waals surface area contributed by atoms with E-state index in [1.807, 2.05) is 0 Å². The van der Waals surface area contributed by atoms with Crippen LogP contribution in [0.2, 0.25) is 0 Å². The van der Waals surface area contributed by atoms with E-state index in [1.54, 1.807) is 0 Å². The number of aryl methyl sites for hydroxylation is 2. The Kier molecular flexibility index (Phi) is 3.92. The van der Waals surface area contributed by atoms with Gasteiger partial charge in [-0.15, -0.1) is 0 Å². The molecule has 2 heterocycles. The van der Waals surface area contributed by atoms with Gasteiger partial charge >= 0.3 is 0 Å². The summed E-state index contributed by atoms with van der Waals surface area (Å²) < 4.78 is 8.84. The smallest absolute Gasteiger partial charge is 0.144 e. The van der Waals surface area contributed by atoms with Crippen molar-refractivity contribution in [3.63, 3.8) is 0 Å². The fourth-order valence-electron chi connectivity index (χ4n) is 5.29. The van der Waals surface area contributed by atoms with E-state index in [1.165, 1.54) is 49.4 Å². The molecular formula is C31H23NO. The maximum atomic E-state index is 6.48. The summed E-state index contributed by atoms with van der Waals surface area (Å²) in [6.07, 6.45) is 6.49. The first kappa shape index (κ1) is 18.5. The summed E-state index contributed by atoms with van der Waals surface area (Å²) in [4.78, 5) is 0. The predicted octanol–water partition coefficient (Wildman–Crippen LogP) is 8.46. The third kappa shape index (κ3) is 2.74. The monoisotopic (exact) mass is 425 g/mol. The SMILES string of the molecule is Cc1ccc(-c2ccc(-n3c4ccccc4c4c5oc6c(c5ccc43)C=CCC6)cc2)cc1. The molecule has 0 bridgehead atoms. The third-order valence-corrected chi connectivity index (χ3v) is 6.94. The van der Waals surface area contributed by atoms with Crippen LogP contribution in [0.4, 0.5) is 0 Å². The van der Waals surface area contributed by atoms with Crippen LogP contribution in [0.5, 0.6) is 0 Å². The third-order valence-electron chi connectivity index (χ3n) is 6.94. The summed E-state index contributed by atoms with van der Waals surface area (Å²) in [5.74, 6) is 1.11. The summed E-state index contributed by atoms with van der Waals surface area (Å²) in [5, 5.41) is 3.65. The van der Waals surface area contributed by atoms with Crippen molar-refractivity contribution < 1.29 is 4.42 Å². The zero-order chi connectivity index (χ0) is 21.9. The number of allylic oxidation sites excluding steroid dienone is 1. The van der Waals surface area contributed by atoms with Gasteiger partial charge in [0.15, 0.2) is 0 Å². The molecule has 0 aliphatic heterocycles. The lowest BCUT2D eigenvalue weighted by atomic mass is 10.0. The number of nitrogens with zero attached hydrogens (tertiary/aromatic N) is 1. The molecular weight excluding hydrogens is 402 g/mol. The van der Waals surface area contributed by atoms with E-state index in [4.69, 9.17) is 4.42 Å². The van der Waals surface area contributed by atoms with Crippen LogP contribution in [0.3, 0.4) is 0 Å². The summed E-state index contributed by atoms with van der Waals surface area (Å²) in [5.41, 5.74) is 9.55. The molecule has 158 valence electrons. The van der Waals surface area contributed by atoms with E-state index in [0.717, 1.165) is 29.9 Å². The highest BCUT2D eigenvalue weighted by Gasteiger charge is 2.21. The summed E-state index contributed by atoms with van der Waals surface area (Å²) in [6.45, 7) is 2.12. The van der Waals surface area contributed by atoms with E-state index in [2.05, 4.69) is 109 Å². The fraction of sp³-hybridized carbons (Fsp3) is 0.0968. The second kappa shape index (κ2) is 6.98. The van der Waals surface area contributed by atoms with Crippen molar-refractivity contribution in [2.24, 2.45) is 0 Å². The van der Waals surface area contributed by atoms with Gasteiger partial charge < -0.3 is 8.98 Å². The lowest BCUT2D eigenvalue weighted by Crippen LogP contribution is -1.93. The lowest BCUT2D eigenvalue weighted by Gasteiger charge is -2.09. The molecule has 4 aromatic carbocycles. The molecule has 1 aliphatic carbocycles. The number of hydrogen-bond acceptors (Lipinski definition) is 1. The van der Waals surface area contributed by atoms with Gasteiger partial charge in [0.1, 0.15) is 11.3 Å². The standard InChI is InChI=1S/C31H23NO/c1-20-10-12-21(13-11-20)22-14-16-23(17-15-22)32-27-8-4-2-7-26(27)30-28(32)19-18-25-24-6-3-5-9-29(24)33-31(25)30/h2-4,6-8,10-19H,5,9H2,1H3. The van der Waals surface area contributed by atoms with Crippen molar-refractivity contribution in [1.29, 1.82) is 0 Å². The molecule has 0 saturated carbocycles. The van der Waals surface area contributed by atoms with Gasteiger partial charge in [0.25, 0.3) is 0 Å². The molecule has 0 fully saturated rings. The number of aromatic nitrogens is 1. The van der Waals surface area contributed by atoms with Crippen molar-refractivity contribution in [3.8, 4) is 16.8 Å². The molecule has 0 atom stereocenters. The van der Waals surface area contributed by atoms with Crippen LogP contribution in [0.25, 0.3) is 55.7 Å². The topological polar surface area (TPSA) is 18.1 Å². The average molecular weight is 426 g/mol. The average Bonchev–Trinajstić information content (AvgIpc) is 3.40. The molecule has 6 aromatic rings. The highest BCUT2D eigenvalue weighted by Crippen LogP contribution is 2.41. The summed E-state index contributed by atoms with van der Waals surface area (Å²) >= 11 is 0. The van der Waals surface area contributed by atoms with Gasteiger partial charge in [0, 0.05) is 28.4 Å². The molecule has 2 heteroatoms. The van der Waals surface area contributed by atoms with E-state index < -0.39 is 0 Å². The fourth-order valence-corrected chi connectivity index (χ4v) is 5.29. The zero-order valence-corrected chi connectivity index (χ0v) is 18.5. The highest BCUT2D eigenvalue weighted by atomic mass is 16.3. The lowest BCUT2D eigenvalue weighted by molar-refractivity contribution is 0.549. The normalized spacial score (nSPS) is 13.2. The summed E-state index contributed by atoms with van der Waals surface area (Å²) in [6, 6.07) is 30.7. The van der Waals surface area contributed by atoms with E-state index in [-0.39, 0.29) is 0 Å². The molecule has 2 nitrogen and oxygen atoms in total. The Morgan fingerprint density at radius 1 is 0.727 bits per heavy atom. The van der Waals surface area contributed by atoms with E-state index in [9.17, 15) is 0 Å². The van der Waals surface area contributed by atoms with Crippen molar-refractivity contribution in [2.75, 3.05) is 0 Å². The van der Waals surface area contributed by atoms with Crippen molar-refractivity contribution in [2.45, 2.75) is 19.8 Å². The number of furan rings is 1. The van der Waals surface area contributed by atoms with Crippen molar-refractivity contribution in [1.82, 2.24) is 4.57 Å². The molecule has 2 aromatic heterocycles. The van der Waals surface area contributed by atoms with Crippen LogP contribution >= 0.6 is 0 Å². The Labute approximate surface area is 192 Å². The van der Waals surface area contributed by atoms with Gasteiger partial charge in [-0.1, -0.05) is 72.3 Å². The molecule has 0 N–H and O–H groups in total. The predicted molar refractivity (Wildman–Crippen MR) is 138 cm³/mol. The number of fused-ring (bicyclic) bond motifs is 7. The Bertz CT molecular complexity index is 1690. The number of hydrogen-bond donors (Lipinski definition) is 0. The quantitative estimate of drug-likeness (QED) is 0.272. The van der Waals surface area contributed by atoms with Gasteiger partial charge in [0.2, 0.25) is 0 Å². The molecule has 0 spiro atoms. The van der Waals surface area contributed by atoms with Gasteiger partial charge in [0.05, 0.1) is 16.4 Å². The first-order valence-corrected chi connectivity index (χ1v) is 11.6. The van der Waals surface area contributed by atoms with Crippen LogP contribution in [0.1, 0.15) is 23.3 Å². The molecule has 0 amide bonds. The van der Waals surface area contributed by atoms with E-state index in [0.29, 0.717) is 0 Å². The maximum Gasteiger partial charge on any atom is 0.144 e. The second-order valence-electron chi connectivity index (χ2n) is 8.98. The van der Waals surface area contributed by atoms with Gasteiger partial charge in [-0.05, 0) is 54.8 Å². The second-order valence-corrected chi connectivity index (χ2v) is 8.98. The number of rotatable bonds is 2. The maximum absolute atomic E-state index is 6.48. The van der Waals surface area contributed by atoms with E-state index >= 15 is 0 Å². The van der Waals surface area contributed by atoms with Crippen molar-refractivity contribution in [3.05, 3.63) is 108 Å². The first-order chi connectivity index (χ1) is 16.3. The Morgan fingerprint density at radius 3 is 2.30 bits per heavy atom. The minimum absolute atomic E-state index is 0.973. The molecule has 0 radical (unpaired) electrons. The largest absolute Gasteiger partial charge is 0.460 e. The Hall–Kier alpha value is -4.04. The first-order valence-electron chi connectivity index (χ1n) is 11.6. The molecule has 7 rings (SSSR count). The number of para-hydroxylation sites is 1. The minimum atomic E-state index is 0.973. The van der Waals surface area contributed by atoms with Crippen LogP contribution < -0.4 is 0 Å². The number of benzene rings is 4. The van der Waals surface area contributed by atoms with Crippen LogP contribution in [-0.4, -0.2) is 4.57 Å². The minimum Gasteiger partial charge on any atom is -0.460 e. The molecule has 33 heavy (non-hydrogen) atoms. The van der Waals surface area contributed by atoms with Crippen LogP contribution in [-0.2, 0) is 6.42 Å². The van der Waals surface area contributed by atoms with Crippen LogP contribution in [0.15, 0.2) is 95.4 Å². The Morgan fingerprint density at radius 2 is 1.48 bits per heavy atom. The highest BCUT2D eigenvalue weighted by molar-refractivity contribution is 6.20. The Balaban J connectivity index is 1.47. The molecule has 0 unspecified atom stereocenters. The zero-order valence-electron chi connectivity index (χ0n) is 18.5. The molecule has 0 saturated heterocycles. The van der Waals surface area contributed by atoms with Gasteiger partial charge in [-0.2, -0.15) is 0 Å². The summed E-state index contributed by atoms with van der Waals surface area (Å²) in [7, 11) is 0. The van der Waals surface area contributed by atoms with Crippen LogP contribution in [0, 0.1) is 6.92 Å². The van der Waals surface area contributed by atoms with Gasteiger partial charge in [-0.25, -0.2) is 0 Å². The van der Waals surface area contributed by atoms with Crippen molar-refractivity contribution >= 4 is 38.9 Å².